The van der Waals surface area contributed by atoms with E-state index in [9.17, 15) is 0 Å². The molecule has 0 fully saturated rings. The topological polar surface area (TPSA) is 50.1 Å². The lowest BCUT2D eigenvalue weighted by Gasteiger charge is -2.16. The maximum absolute atomic E-state index is 5.30. The number of aromatic nitrogens is 1. The van der Waals surface area contributed by atoms with Gasteiger partial charge in [0, 0.05) is 12.6 Å². The van der Waals surface area contributed by atoms with Gasteiger partial charge in [-0.05, 0) is 31.3 Å². The summed E-state index contributed by atoms with van der Waals surface area (Å²) >= 11 is 0. The Labute approximate surface area is 95.1 Å². The molecule has 0 radical (unpaired) electrons. The van der Waals surface area contributed by atoms with Gasteiger partial charge in [0.25, 0.3) is 0 Å². The van der Waals surface area contributed by atoms with E-state index in [4.69, 9.17) is 4.42 Å². The van der Waals surface area contributed by atoms with E-state index in [1.807, 2.05) is 19.2 Å². The summed E-state index contributed by atoms with van der Waals surface area (Å²) in [6.07, 6.45) is 1.48. The molecule has 4 nitrogen and oxygen atoms in total. The van der Waals surface area contributed by atoms with Crippen LogP contribution in [0, 0.1) is 0 Å². The number of likely N-dealkylation sites (N-methyl/N-ethyl adjacent to an activating group) is 2. The summed E-state index contributed by atoms with van der Waals surface area (Å²) in [5.74, 6) is 0. The van der Waals surface area contributed by atoms with E-state index in [2.05, 4.69) is 28.6 Å². The third-order valence-electron chi connectivity index (χ3n) is 2.70. The average Bonchev–Trinajstić information content (AvgIpc) is 2.77. The standard InChI is InChI=1S/C12H17N3O/c1-3-14-7-11(13-2)9-4-5-10-12(6-9)16-8-15-10/h4-6,8,11,13-14H,3,7H2,1-2H3. The van der Waals surface area contributed by atoms with E-state index in [0.29, 0.717) is 6.04 Å². The Bertz CT molecular complexity index is 452. The van der Waals surface area contributed by atoms with Gasteiger partial charge in [0.05, 0.1) is 0 Å². The Balaban J connectivity index is 2.22. The van der Waals surface area contributed by atoms with E-state index >= 15 is 0 Å². The maximum Gasteiger partial charge on any atom is 0.181 e. The Kier molecular flexibility index (Phi) is 3.54. The summed E-state index contributed by atoms with van der Waals surface area (Å²) in [6.45, 7) is 3.99. The van der Waals surface area contributed by atoms with Gasteiger partial charge in [0.2, 0.25) is 0 Å². The highest BCUT2D eigenvalue weighted by molar-refractivity contribution is 5.72. The lowest BCUT2D eigenvalue weighted by Crippen LogP contribution is -2.29. The molecule has 0 amide bonds. The van der Waals surface area contributed by atoms with Gasteiger partial charge in [0.15, 0.2) is 12.0 Å². The van der Waals surface area contributed by atoms with Crippen molar-refractivity contribution in [1.29, 1.82) is 0 Å². The number of nitrogens with zero attached hydrogens (tertiary/aromatic N) is 1. The molecule has 4 heteroatoms. The van der Waals surface area contributed by atoms with Crippen molar-refractivity contribution in [3.63, 3.8) is 0 Å². The maximum atomic E-state index is 5.30. The van der Waals surface area contributed by atoms with Crippen molar-refractivity contribution in [3.8, 4) is 0 Å². The second-order valence-electron chi connectivity index (χ2n) is 3.73. The molecule has 0 bridgehead atoms. The molecule has 0 aliphatic carbocycles. The van der Waals surface area contributed by atoms with Crippen LogP contribution in [0.5, 0.6) is 0 Å². The van der Waals surface area contributed by atoms with Crippen LogP contribution in [0.4, 0.5) is 0 Å². The fourth-order valence-electron chi connectivity index (χ4n) is 1.76. The van der Waals surface area contributed by atoms with E-state index in [1.165, 1.54) is 12.0 Å². The van der Waals surface area contributed by atoms with Crippen LogP contribution in [0.1, 0.15) is 18.5 Å². The van der Waals surface area contributed by atoms with Crippen LogP contribution in [-0.4, -0.2) is 25.1 Å². The van der Waals surface area contributed by atoms with E-state index in [0.717, 1.165) is 24.2 Å². The first kappa shape index (κ1) is 11.1. The van der Waals surface area contributed by atoms with Gasteiger partial charge in [0.1, 0.15) is 5.52 Å². The zero-order chi connectivity index (χ0) is 11.4. The molecule has 16 heavy (non-hydrogen) atoms. The minimum atomic E-state index is 0.300. The number of oxazole rings is 1. The normalized spacial score (nSPS) is 13.1. The fraction of sp³-hybridized carbons (Fsp3) is 0.417. The van der Waals surface area contributed by atoms with E-state index in [-0.39, 0.29) is 0 Å². The largest absolute Gasteiger partial charge is 0.443 e. The van der Waals surface area contributed by atoms with Gasteiger partial charge >= 0.3 is 0 Å². The average molecular weight is 219 g/mol. The number of fused-ring (bicyclic) bond motifs is 1. The molecule has 1 aromatic carbocycles. The van der Waals surface area contributed by atoms with Crippen LogP contribution < -0.4 is 10.6 Å². The van der Waals surface area contributed by atoms with E-state index < -0.39 is 0 Å². The van der Waals surface area contributed by atoms with Crippen LogP contribution in [0.2, 0.25) is 0 Å². The molecule has 0 saturated heterocycles. The van der Waals surface area contributed by atoms with Crippen molar-refractivity contribution in [1.82, 2.24) is 15.6 Å². The first-order valence-corrected chi connectivity index (χ1v) is 5.56. The summed E-state index contributed by atoms with van der Waals surface area (Å²) in [5.41, 5.74) is 2.96. The molecule has 0 aliphatic rings. The summed E-state index contributed by atoms with van der Waals surface area (Å²) in [7, 11) is 1.96. The van der Waals surface area contributed by atoms with Crippen molar-refractivity contribution in [3.05, 3.63) is 30.2 Å². The summed E-state index contributed by atoms with van der Waals surface area (Å²) in [5, 5.41) is 6.62. The SMILES string of the molecule is CCNCC(NC)c1ccc2ncoc2c1. The number of rotatable bonds is 5. The summed E-state index contributed by atoms with van der Waals surface area (Å²) in [4.78, 5) is 4.10. The minimum Gasteiger partial charge on any atom is -0.443 e. The van der Waals surface area contributed by atoms with Gasteiger partial charge < -0.3 is 15.1 Å². The van der Waals surface area contributed by atoms with Crippen LogP contribution >= 0.6 is 0 Å². The van der Waals surface area contributed by atoms with Gasteiger partial charge in [-0.3, -0.25) is 0 Å². The highest BCUT2D eigenvalue weighted by atomic mass is 16.3. The van der Waals surface area contributed by atoms with Crippen molar-refractivity contribution in [2.24, 2.45) is 0 Å². The van der Waals surface area contributed by atoms with Crippen LogP contribution in [0.25, 0.3) is 11.1 Å². The fourth-order valence-corrected chi connectivity index (χ4v) is 1.76. The number of hydrogen-bond donors (Lipinski definition) is 2. The number of nitrogens with one attached hydrogen (secondary N) is 2. The van der Waals surface area contributed by atoms with Gasteiger partial charge in [-0.25, -0.2) is 4.98 Å². The van der Waals surface area contributed by atoms with E-state index in [1.54, 1.807) is 0 Å². The Morgan fingerprint density at radius 2 is 2.31 bits per heavy atom. The molecule has 0 saturated carbocycles. The molecule has 1 heterocycles. The predicted octanol–water partition coefficient (Wildman–Crippen LogP) is 1.70. The predicted molar refractivity (Wildman–Crippen MR) is 64.4 cm³/mol. The van der Waals surface area contributed by atoms with Crippen LogP contribution in [-0.2, 0) is 0 Å². The van der Waals surface area contributed by atoms with Crippen LogP contribution in [0.15, 0.2) is 29.0 Å². The summed E-state index contributed by atoms with van der Waals surface area (Å²) < 4.78 is 5.30. The molecule has 0 spiro atoms. The van der Waals surface area contributed by atoms with Crippen LogP contribution in [0.3, 0.4) is 0 Å². The Morgan fingerprint density at radius 1 is 1.44 bits per heavy atom. The molecular weight excluding hydrogens is 202 g/mol. The van der Waals surface area contributed by atoms with Crippen molar-refractivity contribution in [2.45, 2.75) is 13.0 Å². The monoisotopic (exact) mass is 219 g/mol. The zero-order valence-corrected chi connectivity index (χ0v) is 9.66. The Hall–Kier alpha value is -1.39. The second-order valence-corrected chi connectivity index (χ2v) is 3.73. The highest BCUT2D eigenvalue weighted by Crippen LogP contribution is 2.19. The van der Waals surface area contributed by atoms with Crippen molar-refractivity contribution in [2.75, 3.05) is 20.1 Å². The molecule has 2 aromatic rings. The lowest BCUT2D eigenvalue weighted by atomic mass is 10.1. The van der Waals surface area contributed by atoms with Gasteiger partial charge in [-0.2, -0.15) is 0 Å². The second kappa shape index (κ2) is 5.09. The molecule has 1 aromatic heterocycles. The zero-order valence-electron chi connectivity index (χ0n) is 9.66. The first-order chi connectivity index (χ1) is 7.85. The lowest BCUT2D eigenvalue weighted by molar-refractivity contribution is 0.537. The minimum absolute atomic E-state index is 0.300. The molecular formula is C12H17N3O. The summed E-state index contributed by atoms with van der Waals surface area (Å²) in [6, 6.07) is 6.42. The van der Waals surface area contributed by atoms with Gasteiger partial charge in [-0.15, -0.1) is 0 Å². The van der Waals surface area contributed by atoms with Gasteiger partial charge in [-0.1, -0.05) is 13.0 Å². The quantitative estimate of drug-likeness (QED) is 0.803. The number of benzene rings is 1. The van der Waals surface area contributed by atoms with Crippen molar-refractivity contribution >= 4 is 11.1 Å². The molecule has 0 aliphatic heterocycles. The number of hydrogen-bond acceptors (Lipinski definition) is 4. The first-order valence-electron chi connectivity index (χ1n) is 5.56. The third-order valence-corrected chi connectivity index (χ3v) is 2.70. The molecule has 2 N–H and O–H groups in total. The molecule has 86 valence electrons. The molecule has 2 rings (SSSR count). The highest BCUT2D eigenvalue weighted by Gasteiger charge is 2.09. The Morgan fingerprint density at radius 3 is 3.06 bits per heavy atom. The molecule has 1 unspecified atom stereocenters. The van der Waals surface area contributed by atoms with Crippen molar-refractivity contribution < 1.29 is 4.42 Å². The third kappa shape index (κ3) is 2.23. The smallest absolute Gasteiger partial charge is 0.181 e. The molecule has 1 atom stereocenters.